The number of rotatable bonds is 4. The van der Waals surface area contributed by atoms with Gasteiger partial charge in [-0.2, -0.15) is 13.2 Å². The molecule has 35 heavy (non-hydrogen) atoms. The minimum Gasteiger partial charge on any atom is -0.494 e. The molecule has 0 aliphatic rings. The number of nitrogens with zero attached hydrogens (tertiary/aromatic N) is 1. The van der Waals surface area contributed by atoms with E-state index in [1.807, 2.05) is 45.9 Å². The molecule has 0 saturated heterocycles. The number of nitrogens with one attached hydrogen (secondary N) is 3. The second-order valence-corrected chi connectivity index (χ2v) is 8.25. The highest BCUT2D eigenvalue weighted by molar-refractivity contribution is 5.73. The highest BCUT2D eigenvalue weighted by atomic mass is 19.4. The van der Waals surface area contributed by atoms with Crippen molar-refractivity contribution in [2.75, 3.05) is 6.61 Å². The number of alkyl halides is 3. The molecule has 0 saturated carbocycles. The van der Waals surface area contributed by atoms with Gasteiger partial charge < -0.3 is 24.8 Å². The van der Waals surface area contributed by atoms with Crippen LogP contribution < -0.4 is 26.6 Å². The maximum atomic E-state index is 12.5. The molecular formula is C23H25F3N4O5. The van der Waals surface area contributed by atoms with Crippen LogP contribution in [0.25, 0.3) is 12.2 Å². The number of aromatic amines is 3. The van der Waals surface area contributed by atoms with E-state index < -0.39 is 17.7 Å². The zero-order valence-electron chi connectivity index (χ0n) is 19.4. The second kappa shape index (κ2) is 10.9. The molecule has 0 aliphatic carbocycles. The fourth-order valence-corrected chi connectivity index (χ4v) is 2.88. The minimum absolute atomic E-state index is 0.155. The van der Waals surface area contributed by atoms with Gasteiger partial charge in [0.15, 0.2) is 0 Å². The van der Waals surface area contributed by atoms with Crippen molar-refractivity contribution in [2.24, 2.45) is 0 Å². The summed E-state index contributed by atoms with van der Waals surface area (Å²) in [5, 5.41) is 7.46. The molecule has 0 radical (unpaired) electrons. The number of imidazole rings is 1. The third kappa shape index (κ3) is 7.73. The molecule has 0 aliphatic heterocycles. The Labute approximate surface area is 197 Å². The zero-order chi connectivity index (χ0) is 26.4. The Morgan fingerprint density at radius 2 is 1.66 bits per heavy atom. The first-order chi connectivity index (χ1) is 16.2. The standard InChI is InChI=1S/C21H24N4O3.C2HF3O2/c1-5-28-14-8-6-7-13(9-14)10-16-19(26)25-17(20(27)24-16)11-15-18(21(2,3)4)23-12-22-15;3-2(4,5)1(6)7/h6-12H,5H2,1-4H3,(H,22,23)(H,24,27)(H,25,26);(H,6,7)/b16-10-,17-11-;. The number of H-pyrrole nitrogens is 3. The van der Waals surface area contributed by atoms with Crippen LogP contribution in [0.1, 0.15) is 44.6 Å². The molecular weight excluding hydrogens is 469 g/mol. The number of hydrogen-bond donors (Lipinski definition) is 4. The van der Waals surface area contributed by atoms with Crippen molar-refractivity contribution in [1.82, 2.24) is 19.9 Å². The van der Waals surface area contributed by atoms with Gasteiger partial charge in [0.25, 0.3) is 11.1 Å². The number of hydrogen-bond acceptors (Lipinski definition) is 5. The number of aromatic nitrogens is 4. The lowest BCUT2D eigenvalue weighted by Gasteiger charge is -2.16. The third-order valence-electron chi connectivity index (χ3n) is 4.41. The van der Waals surface area contributed by atoms with Crippen LogP contribution >= 0.6 is 0 Å². The molecule has 188 valence electrons. The first kappa shape index (κ1) is 27.2. The third-order valence-corrected chi connectivity index (χ3v) is 4.41. The van der Waals surface area contributed by atoms with Crippen molar-refractivity contribution in [2.45, 2.75) is 39.3 Å². The topological polar surface area (TPSA) is 141 Å². The van der Waals surface area contributed by atoms with Crippen LogP contribution in [0.2, 0.25) is 0 Å². The monoisotopic (exact) mass is 494 g/mol. The Morgan fingerprint density at radius 3 is 2.17 bits per heavy atom. The van der Waals surface area contributed by atoms with Crippen molar-refractivity contribution in [3.8, 4) is 5.75 Å². The van der Waals surface area contributed by atoms with E-state index in [0.717, 1.165) is 11.3 Å². The first-order valence-electron chi connectivity index (χ1n) is 10.3. The number of aliphatic carboxylic acids is 1. The van der Waals surface area contributed by atoms with E-state index in [-0.39, 0.29) is 21.7 Å². The molecule has 1 aromatic carbocycles. The van der Waals surface area contributed by atoms with Gasteiger partial charge in [-0.3, -0.25) is 9.59 Å². The number of carboxylic acid groups (broad SMARTS) is 1. The van der Waals surface area contributed by atoms with Crippen LogP contribution in [0.3, 0.4) is 0 Å². The van der Waals surface area contributed by atoms with Gasteiger partial charge in [-0.15, -0.1) is 0 Å². The Bertz CT molecular complexity index is 1410. The molecule has 0 bridgehead atoms. The van der Waals surface area contributed by atoms with Gasteiger partial charge in [0.05, 0.1) is 18.6 Å². The molecule has 0 amide bonds. The maximum Gasteiger partial charge on any atom is 0.490 e. The molecule has 0 fully saturated rings. The van der Waals surface area contributed by atoms with Crippen LogP contribution in [-0.2, 0) is 10.2 Å². The minimum atomic E-state index is -5.08. The normalized spacial score (nSPS) is 12.8. The van der Waals surface area contributed by atoms with E-state index in [0.29, 0.717) is 18.1 Å². The summed E-state index contributed by atoms with van der Waals surface area (Å²) in [4.78, 5) is 46.5. The first-order valence-corrected chi connectivity index (χ1v) is 10.3. The van der Waals surface area contributed by atoms with Gasteiger partial charge in [0, 0.05) is 11.1 Å². The van der Waals surface area contributed by atoms with E-state index in [1.54, 1.807) is 24.5 Å². The molecule has 2 aromatic heterocycles. The summed E-state index contributed by atoms with van der Waals surface area (Å²) in [5.74, 6) is -2.05. The molecule has 0 atom stereocenters. The Balaban J connectivity index is 0.000000540. The molecule has 2 heterocycles. The predicted molar refractivity (Wildman–Crippen MR) is 123 cm³/mol. The summed E-state index contributed by atoms with van der Waals surface area (Å²) in [6, 6.07) is 7.31. The average molecular weight is 494 g/mol. The van der Waals surface area contributed by atoms with E-state index in [2.05, 4.69) is 19.9 Å². The molecule has 4 N–H and O–H groups in total. The Morgan fingerprint density at radius 1 is 1.09 bits per heavy atom. The van der Waals surface area contributed by atoms with Gasteiger partial charge in [0.1, 0.15) is 16.4 Å². The quantitative estimate of drug-likeness (QED) is 0.436. The smallest absolute Gasteiger partial charge is 0.490 e. The van der Waals surface area contributed by atoms with E-state index >= 15 is 0 Å². The SMILES string of the molecule is CCOc1cccc(/C=c2\[nH]c(=O)/c(=C/c3nc[nH]c3C(C)(C)C)[nH]c2=O)c1.O=C(O)C(F)(F)F. The number of halogens is 3. The summed E-state index contributed by atoms with van der Waals surface area (Å²) < 4.78 is 37.2. The van der Waals surface area contributed by atoms with Crippen LogP contribution in [-0.4, -0.2) is 43.8 Å². The number of ether oxygens (including phenoxy) is 1. The van der Waals surface area contributed by atoms with Crippen molar-refractivity contribution in [1.29, 1.82) is 0 Å². The van der Waals surface area contributed by atoms with Crippen LogP contribution in [0.4, 0.5) is 13.2 Å². The second-order valence-electron chi connectivity index (χ2n) is 8.25. The lowest BCUT2D eigenvalue weighted by Crippen LogP contribution is -2.46. The zero-order valence-corrected chi connectivity index (χ0v) is 19.4. The van der Waals surface area contributed by atoms with Crippen molar-refractivity contribution >= 4 is 18.1 Å². The van der Waals surface area contributed by atoms with E-state index in [9.17, 15) is 22.8 Å². The average Bonchev–Trinajstić information content (AvgIpc) is 3.21. The fourth-order valence-electron chi connectivity index (χ4n) is 2.88. The predicted octanol–water partition coefficient (Wildman–Crippen LogP) is 1.77. The maximum absolute atomic E-state index is 12.5. The van der Waals surface area contributed by atoms with Gasteiger partial charge in [-0.1, -0.05) is 32.9 Å². The van der Waals surface area contributed by atoms with Crippen LogP contribution in [0.5, 0.6) is 5.75 Å². The van der Waals surface area contributed by atoms with Gasteiger partial charge in [-0.05, 0) is 36.8 Å². The molecule has 3 aromatic rings. The highest BCUT2D eigenvalue weighted by Gasteiger charge is 2.38. The molecule has 0 unspecified atom stereocenters. The summed E-state index contributed by atoms with van der Waals surface area (Å²) in [5.41, 5.74) is 1.31. The van der Waals surface area contributed by atoms with Gasteiger partial charge in [0.2, 0.25) is 0 Å². The summed E-state index contributed by atoms with van der Waals surface area (Å²) in [7, 11) is 0. The Hall–Kier alpha value is -4.09. The lowest BCUT2D eigenvalue weighted by molar-refractivity contribution is -0.192. The summed E-state index contributed by atoms with van der Waals surface area (Å²) in [6.45, 7) is 8.57. The Kier molecular flexibility index (Phi) is 8.45. The van der Waals surface area contributed by atoms with Gasteiger partial charge in [-0.25, -0.2) is 9.78 Å². The van der Waals surface area contributed by atoms with Crippen LogP contribution in [0.15, 0.2) is 40.2 Å². The summed E-state index contributed by atoms with van der Waals surface area (Å²) >= 11 is 0. The van der Waals surface area contributed by atoms with E-state index in [4.69, 9.17) is 14.6 Å². The van der Waals surface area contributed by atoms with Crippen molar-refractivity contribution in [3.05, 3.63) is 78.9 Å². The largest absolute Gasteiger partial charge is 0.494 e. The molecule has 3 rings (SSSR count). The molecule has 0 spiro atoms. The summed E-state index contributed by atoms with van der Waals surface area (Å²) in [6.07, 6.45) is -0.315. The van der Waals surface area contributed by atoms with Crippen molar-refractivity contribution in [3.63, 3.8) is 0 Å². The fraction of sp³-hybridized carbons (Fsp3) is 0.304. The highest BCUT2D eigenvalue weighted by Crippen LogP contribution is 2.22. The number of benzene rings is 1. The number of carbonyl (C=O) groups is 1. The van der Waals surface area contributed by atoms with E-state index in [1.165, 1.54) is 0 Å². The molecule has 9 nitrogen and oxygen atoms in total. The lowest BCUT2D eigenvalue weighted by atomic mass is 9.90. The molecule has 12 heteroatoms. The van der Waals surface area contributed by atoms with Gasteiger partial charge >= 0.3 is 12.1 Å². The number of carboxylic acids is 1. The van der Waals surface area contributed by atoms with Crippen molar-refractivity contribution < 1.29 is 27.8 Å². The van der Waals surface area contributed by atoms with Crippen LogP contribution in [0, 0.1) is 0 Å².